The molecule has 3 rings (SSSR count). The van der Waals surface area contributed by atoms with Gasteiger partial charge in [0.1, 0.15) is 0 Å². The summed E-state index contributed by atoms with van der Waals surface area (Å²) in [5, 5.41) is 7.24. The maximum absolute atomic E-state index is 12.1. The molecule has 1 amide bonds. The van der Waals surface area contributed by atoms with Crippen LogP contribution in [0.1, 0.15) is 30.5 Å². The fraction of sp³-hybridized carbons (Fsp3) is 0.250. The number of rotatable bonds is 6. The summed E-state index contributed by atoms with van der Waals surface area (Å²) in [6, 6.07) is 12.1. The first-order valence-electron chi connectivity index (χ1n) is 8.40. The summed E-state index contributed by atoms with van der Waals surface area (Å²) in [4.78, 5) is 16.3. The lowest BCUT2D eigenvalue weighted by atomic mass is 10.0. The van der Waals surface area contributed by atoms with Crippen LogP contribution in [0.2, 0.25) is 0 Å². The zero-order valence-electron chi connectivity index (χ0n) is 14.5. The number of carbonyl (C=O) groups excluding carboxylic acids is 1. The molecule has 5 nitrogen and oxygen atoms in total. The highest BCUT2D eigenvalue weighted by Gasteiger charge is 2.10. The number of pyridine rings is 1. The van der Waals surface area contributed by atoms with Gasteiger partial charge in [-0.15, -0.1) is 0 Å². The Morgan fingerprint density at radius 3 is 2.60 bits per heavy atom. The van der Waals surface area contributed by atoms with Crippen molar-refractivity contribution in [3.8, 4) is 11.1 Å². The minimum absolute atomic E-state index is 0.0250. The van der Waals surface area contributed by atoms with E-state index in [0.29, 0.717) is 13.0 Å². The van der Waals surface area contributed by atoms with Gasteiger partial charge in [0.25, 0.3) is 0 Å². The Kier molecular flexibility index (Phi) is 5.23. The van der Waals surface area contributed by atoms with Crippen molar-refractivity contribution in [1.29, 1.82) is 0 Å². The van der Waals surface area contributed by atoms with Gasteiger partial charge in [-0.05, 0) is 42.2 Å². The van der Waals surface area contributed by atoms with Crippen molar-refractivity contribution >= 4 is 5.91 Å². The van der Waals surface area contributed by atoms with Crippen LogP contribution in [0.25, 0.3) is 11.1 Å². The molecule has 3 aromatic rings. The van der Waals surface area contributed by atoms with Crippen LogP contribution in [-0.4, -0.2) is 20.7 Å². The van der Waals surface area contributed by atoms with Crippen LogP contribution in [0.3, 0.4) is 0 Å². The molecule has 0 saturated carbocycles. The Morgan fingerprint density at radius 1 is 1.16 bits per heavy atom. The molecular weight excluding hydrogens is 312 g/mol. The summed E-state index contributed by atoms with van der Waals surface area (Å²) in [6.07, 6.45) is 7.76. The van der Waals surface area contributed by atoms with Crippen LogP contribution in [0, 0.1) is 6.92 Å². The molecule has 1 N–H and O–H groups in total. The van der Waals surface area contributed by atoms with E-state index in [-0.39, 0.29) is 11.9 Å². The van der Waals surface area contributed by atoms with E-state index >= 15 is 0 Å². The van der Waals surface area contributed by atoms with E-state index in [9.17, 15) is 4.79 Å². The lowest BCUT2D eigenvalue weighted by Gasteiger charge is -2.15. The van der Waals surface area contributed by atoms with E-state index in [1.807, 2.05) is 50.5 Å². The largest absolute Gasteiger partial charge is 0.350 e. The monoisotopic (exact) mass is 334 g/mol. The first-order valence-corrected chi connectivity index (χ1v) is 8.40. The number of benzene rings is 1. The van der Waals surface area contributed by atoms with E-state index in [4.69, 9.17) is 0 Å². The highest BCUT2D eigenvalue weighted by atomic mass is 16.1. The third-order valence-corrected chi connectivity index (χ3v) is 4.11. The normalized spacial score (nSPS) is 11.9. The lowest BCUT2D eigenvalue weighted by molar-refractivity contribution is -0.122. The van der Waals surface area contributed by atoms with E-state index in [2.05, 4.69) is 27.5 Å². The van der Waals surface area contributed by atoms with Crippen LogP contribution in [-0.2, 0) is 11.3 Å². The van der Waals surface area contributed by atoms with Crippen molar-refractivity contribution in [3.63, 3.8) is 0 Å². The predicted octanol–water partition coefficient (Wildman–Crippen LogP) is 3.52. The van der Waals surface area contributed by atoms with Crippen molar-refractivity contribution in [1.82, 2.24) is 20.1 Å². The van der Waals surface area contributed by atoms with Crippen molar-refractivity contribution in [3.05, 3.63) is 72.3 Å². The van der Waals surface area contributed by atoms with E-state index in [1.165, 1.54) is 0 Å². The zero-order chi connectivity index (χ0) is 17.6. The molecular formula is C20H22N4O. The Balaban J connectivity index is 1.55. The van der Waals surface area contributed by atoms with Crippen molar-refractivity contribution in [2.45, 2.75) is 32.9 Å². The molecule has 0 aliphatic heterocycles. The number of aromatic nitrogens is 3. The molecule has 0 bridgehead atoms. The third kappa shape index (κ3) is 4.53. The van der Waals surface area contributed by atoms with Crippen molar-refractivity contribution in [2.75, 3.05) is 0 Å². The average molecular weight is 334 g/mol. The average Bonchev–Trinajstić information content (AvgIpc) is 3.06. The molecule has 1 aromatic carbocycles. The number of hydrogen-bond acceptors (Lipinski definition) is 3. The summed E-state index contributed by atoms with van der Waals surface area (Å²) in [5.41, 5.74) is 4.38. The van der Waals surface area contributed by atoms with E-state index < -0.39 is 0 Å². The molecule has 0 fully saturated rings. The molecule has 0 radical (unpaired) electrons. The van der Waals surface area contributed by atoms with Gasteiger partial charge in [-0.2, -0.15) is 5.10 Å². The van der Waals surface area contributed by atoms with Gasteiger partial charge in [-0.3, -0.25) is 14.5 Å². The van der Waals surface area contributed by atoms with Crippen molar-refractivity contribution in [2.24, 2.45) is 0 Å². The number of amides is 1. The molecule has 2 aromatic heterocycles. The van der Waals surface area contributed by atoms with Gasteiger partial charge in [-0.1, -0.05) is 30.3 Å². The molecule has 0 spiro atoms. The summed E-state index contributed by atoms with van der Waals surface area (Å²) in [6.45, 7) is 4.57. The van der Waals surface area contributed by atoms with Crippen LogP contribution in [0.4, 0.5) is 0 Å². The van der Waals surface area contributed by atoms with E-state index in [1.54, 1.807) is 17.1 Å². The van der Waals surface area contributed by atoms with E-state index in [0.717, 1.165) is 22.3 Å². The van der Waals surface area contributed by atoms with Crippen molar-refractivity contribution < 1.29 is 4.79 Å². The van der Waals surface area contributed by atoms with Gasteiger partial charge >= 0.3 is 0 Å². The zero-order valence-corrected chi connectivity index (χ0v) is 14.5. The molecule has 25 heavy (non-hydrogen) atoms. The van der Waals surface area contributed by atoms with Gasteiger partial charge in [-0.25, -0.2) is 0 Å². The third-order valence-electron chi connectivity index (χ3n) is 4.11. The quantitative estimate of drug-likeness (QED) is 0.750. The highest BCUT2D eigenvalue weighted by Crippen LogP contribution is 2.21. The molecule has 5 heteroatoms. The number of nitrogens with one attached hydrogen (secondary N) is 1. The van der Waals surface area contributed by atoms with Gasteiger partial charge in [0, 0.05) is 31.6 Å². The number of nitrogens with zero attached hydrogens (tertiary/aromatic N) is 3. The lowest BCUT2D eigenvalue weighted by Crippen LogP contribution is -2.27. The minimum Gasteiger partial charge on any atom is -0.350 e. The number of carbonyl (C=O) groups is 1. The Morgan fingerprint density at radius 2 is 1.96 bits per heavy atom. The molecule has 0 unspecified atom stereocenters. The fourth-order valence-corrected chi connectivity index (χ4v) is 2.70. The first-order chi connectivity index (χ1) is 12.1. The van der Waals surface area contributed by atoms with Crippen LogP contribution < -0.4 is 5.32 Å². The fourth-order valence-electron chi connectivity index (χ4n) is 2.70. The topological polar surface area (TPSA) is 59.8 Å². The van der Waals surface area contributed by atoms with Crippen LogP contribution in [0.5, 0.6) is 0 Å². The molecule has 1 atom stereocenters. The Hall–Kier alpha value is -2.95. The second-order valence-electron chi connectivity index (χ2n) is 6.18. The van der Waals surface area contributed by atoms with Gasteiger partial charge in [0.2, 0.25) is 5.91 Å². The maximum Gasteiger partial charge on any atom is 0.222 e. The number of aryl methyl sites for hydroxylation is 2. The molecule has 0 aliphatic carbocycles. The van der Waals surface area contributed by atoms with Crippen LogP contribution >= 0.6 is 0 Å². The minimum atomic E-state index is -0.0326. The van der Waals surface area contributed by atoms with Gasteiger partial charge in [0.15, 0.2) is 0 Å². The SMILES string of the molecule is Cc1cnn(CCC(=O)N[C@@H](C)c2ccc(-c3cccnc3)cc2)c1. The molecule has 128 valence electrons. The van der Waals surface area contributed by atoms with Gasteiger partial charge in [0.05, 0.1) is 12.2 Å². The summed E-state index contributed by atoms with van der Waals surface area (Å²) >= 11 is 0. The standard InChI is InChI=1S/C20H22N4O/c1-15-12-22-24(14-15)11-9-20(25)23-16(2)17-5-7-18(8-6-17)19-4-3-10-21-13-19/h3-8,10,12-14,16H,9,11H2,1-2H3,(H,23,25)/t16-/m0/s1. The second-order valence-corrected chi connectivity index (χ2v) is 6.18. The van der Waals surface area contributed by atoms with Crippen LogP contribution in [0.15, 0.2) is 61.2 Å². The predicted molar refractivity (Wildman–Crippen MR) is 97.8 cm³/mol. The highest BCUT2D eigenvalue weighted by molar-refractivity contribution is 5.76. The molecule has 0 saturated heterocycles. The maximum atomic E-state index is 12.1. The summed E-state index contributed by atoms with van der Waals surface area (Å²) in [7, 11) is 0. The second kappa shape index (κ2) is 7.75. The first kappa shape index (κ1) is 16.9. The summed E-state index contributed by atoms with van der Waals surface area (Å²) in [5.74, 6) is 0.0250. The smallest absolute Gasteiger partial charge is 0.222 e. The molecule has 2 heterocycles. The Bertz CT molecular complexity index is 824. The summed E-state index contributed by atoms with van der Waals surface area (Å²) < 4.78 is 1.79. The Labute approximate surface area is 147 Å². The van der Waals surface area contributed by atoms with Gasteiger partial charge < -0.3 is 5.32 Å². The number of hydrogen-bond donors (Lipinski definition) is 1. The molecule has 0 aliphatic rings.